The number of aryl methyl sites for hydroxylation is 5. The summed E-state index contributed by atoms with van der Waals surface area (Å²) in [5.41, 5.74) is 6.72. The van der Waals surface area contributed by atoms with E-state index in [1.54, 1.807) is 0 Å². The molecule has 17 aromatic rings. The molecule has 0 radical (unpaired) electrons. The van der Waals surface area contributed by atoms with Crippen LogP contribution in [0.1, 0.15) is 41.7 Å². The maximum absolute atomic E-state index is 2.57. The van der Waals surface area contributed by atoms with Gasteiger partial charge >= 0.3 is 0 Å². The molecule has 0 aliphatic heterocycles. The first-order valence-corrected chi connectivity index (χ1v) is 22.4. The second-order valence-electron chi connectivity index (χ2n) is 18.9. The molecule has 282 valence electrons. The van der Waals surface area contributed by atoms with Crippen LogP contribution in [0.2, 0.25) is 0 Å². The van der Waals surface area contributed by atoms with Crippen molar-refractivity contribution in [1.82, 2.24) is 0 Å². The van der Waals surface area contributed by atoms with Gasteiger partial charge in [0, 0.05) is 0 Å². The van der Waals surface area contributed by atoms with Crippen LogP contribution in [0.5, 0.6) is 0 Å². The normalized spacial score (nSPS) is 13.5. The SMILES string of the molecule is CC.Cc1ccc2c(c1)c1cc(C)c3c4c(C)cc5c6ccccc6c6ccc7c8cc(C)cc9c%10cc(C)cc%11c%12ccc2c2c1c3c1c(c%122)c(c%10%11)c(c98)c2c7c6c5c4c21. The molecule has 0 N–H and O–H groups in total. The van der Waals surface area contributed by atoms with Gasteiger partial charge in [-0.3, -0.25) is 0 Å². The van der Waals surface area contributed by atoms with Crippen LogP contribution in [0.25, 0.3) is 172 Å². The van der Waals surface area contributed by atoms with Crippen LogP contribution >= 0.6 is 0 Å². The Morgan fingerprint density at radius 2 is 0.475 bits per heavy atom. The van der Waals surface area contributed by atoms with Gasteiger partial charge in [-0.05, 0) is 229 Å². The maximum Gasteiger partial charge on any atom is -0.0000138 e. The van der Waals surface area contributed by atoms with Crippen molar-refractivity contribution < 1.29 is 0 Å². The van der Waals surface area contributed by atoms with Crippen molar-refractivity contribution in [3.05, 3.63) is 131 Å². The van der Waals surface area contributed by atoms with Gasteiger partial charge in [-0.2, -0.15) is 0 Å². The van der Waals surface area contributed by atoms with E-state index >= 15 is 0 Å². The molecule has 0 atom stereocenters. The third-order valence-electron chi connectivity index (χ3n) is 15.9. The van der Waals surface area contributed by atoms with E-state index in [9.17, 15) is 0 Å². The Morgan fingerprint density at radius 1 is 0.197 bits per heavy atom. The molecule has 0 unspecified atom stereocenters. The van der Waals surface area contributed by atoms with Gasteiger partial charge in [0.1, 0.15) is 0 Å². The standard InChI is InChI=1S/C59H32.C2H6/c1-23-10-11-30-32-13-15-34-37-18-25(3)20-39-38-19-24(2)17-36-33-14-12-31-28-8-6-7-9-29(28)40-21-26(4)42-43-27(5)22-41(35(30)16-23)51-47(32)49(34)57-55(45(37)39)54(44(36)38)56-48(33)46(31)50(40)52(42)58(56)59(57)53(43)51;1-2/h6-22H,1-5H3;1-2H3. The Labute approximate surface area is 350 Å². The average molecular weight is 771 g/mol. The number of benzene rings is 17. The third-order valence-corrected chi connectivity index (χ3v) is 15.9. The predicted octanol–water partition coefficient (Wildman–Crippen LogP) is 18.2. The van der Waals surface area contributed by atoms with Crippen molar-refractivity contribution in [3.63, 3.8) is 0 Å². The van der Waals surface area contributed by atoms with Crippen molar-refractivity contribution in [2.75, 3.05) is 0 Å². The number of rotatable bonds is 0. The summed E-state index contributed by atoms with van der Waals surface area (Å²) in [6.45, 7) is 15.7. The Kier molecular flexibility index (Phi) is 5.11. The summed E-state index contributed by atoms with van der Waals surface area (Å²) in [6, 6.07) is 41.5. The van der Waals surface area contributed by atoms with Crippen LogP contribution in [0.3, 0.4) is 0 Å². The van der Waals surface area contributed by atoms with Gasteiger partial charge in [0.2, 0.25) is 0 Å². The topological polar surface area (TPSA) is 0 Å². The van der Waals surface area contributed by atoms with Crippen molar-refractivity contribution in [2.45, 2.75) is 48.5 Å². The molecular formula is C61H38. The van der Waals surface area contributed by atoms with E-state index in [0.29, 0.717) is 0 Å². The molecule has 61 heavy (non-hydrogen) atoms. The van der Waals surface area contributed by atoms with E-state index in [-0.39, 0.29) is 0 Å². The first kappa shape index (κ1) is 31.8. The summed E-state index contributed by atoms with van der Waals surface area (Å²) in [5.74, 6) is 0. The minimum Gasteiger partial charge on any atom is -0.0683 e. The van der Waals surface area contributed by atoms with E-state index in [1.807, 2.05) is 13.8 Å². The van der Waals surface area contributed by atoms with Crippen LogP contribution in [-0.2, 0) is 0 Å². The Balaban J connectivity index is 0.00000168. The van der Waals surface area contributed by atoms with Gasteiger partial charge in [-0.1, -0.05) is 123 Å². The van der Waals surface area contributed by atoms with Crippen molar-refractivity contribution in [1.29, 1.82) is 0 Å². The van der Waals surface area contributed by atoms with Crippen molar-refractivity contribution >= 4 is 172 Å². The lowest BCUT2D eigenvalue weighted by Gasteiger charge is -2.32. The first-order chi connectivity index (χ1) is 29.9. The molecule has 0 heteroatoms. The zero-order chi connectivity index (χ0) is 40.4. The minimum absolute atomic E-state index is 1.31. The second-order valence-corrected chi connectivity index (χ2v) is 18.9. The molecule has 17 aromatic carbocycles. The minimum atomic E-state index is 1.31. The summed E-state index contributed by atoms with van der Waals surface area (Å²) in [7, 11) is 0. The highest BCUT2D eigenvalue weighted by molar-refractivity contribution is 6.64. The summed E-state index contributed by atoms with van der Waals surface area (Å²) in [5, 5.41) is 45.8. The second kappa shape index (κ2) is 9.78. The van der Waals surface area contributed by atoms with E-state index in [4.69, 9.17) is 0 Å². The molecule has 0 bridgehead atoms. The van der Waals surface area contributed by atoms with Gasteiger partial charge in [0.05, 0.1) is 0 Å². The van der Waals surface area contributed by atoms with Crippen molar-refractivity contribution in [3.8, 4) is 0 Å². The molecule has 0 fully saturated rings. The maximum atomic E-state index is 2.57. The van der Waals surface area contributed by atoms with Gasteiger partial charge < -0.3 is 0 Å². The molecule has 0 aliphatic rings. The molecule has 0 aromatic heterocycles. The highest BCUT2D eigenvalue weighted by Gasteiger charge is 2.34. The van der Waals surface area contributed by atoms with Gasteiger partial charge in [-0.25, -0.2) is 0 Å². The van der Waals surface area contributed by atoms with E-state index in [1.165, 1.54) is 200 Å². The van der Waals surface area contributed by atoms with Crippen LogP contribution in [0, 0.1) is 34.6 Å². The Hall–Kier alpha value is -7.02. The fourth-order valence-corrected chi connectivity index (χ4v) is 14.1. The third kappa shape index (κ3) is 3.09. The van der Waals surface area contributed by atoms with E-state index < -0.39 is 0 Å². The van der Waals surface area contributed by atoms with Crippen LogP contribution in [0.15, 0.2) is 103 Å². The molecule has 0 saturated carbocycles. The zero-order valence-corrected chi connectivity index (χ0v) is 35.3. The monoisotopic (exact) mass is 770 g/mol. The van der Waals surface area contributed by atoms with Crippen molar-refractivity contribution in [2.24, 2.45) is 0 Å². The van der Waals surface area contributed by atoms with Crippen LogP contribution in [-0.4, -0.2) is 0 Å². The fourth-order valence-electron chi connectivity index (χ4n) is 14.1. The smallest absolute Gasteiger partial charge is 0.0000138 e. The highest BCUT2D eigenvalue weighted by Crippen LogP contribution is 2.63. The summed E-state index contributed by atoms with van der Waals surface area (Å²) in [4.78, 5) is 0. The zero-order valence-electron chi connectivity index (χ0n) is 35.3. The van der Waals surface area contributed by atoms with Gasteiger partial charge in [-0.15, -0.1) is 0 Å². The summed E-state index contributed by atoms with van der Waals surface area (Å²) in [6.07, 6.45) is 0. The molecule has 0 saturated heterocycles. The summed E-state index contributed by atoms with van der Waals surface area (Å²) < 4.78 is 0. The number of fused-ring (bicyclic) bond motifs is 10. The van der Waals surface area contributed by atoms with Gasteiger partial charge in [0.25, 0.3) is 0 Å². The lowest BCUT2D eigenvalue weighted by Crippen LogP contribution is -2.03. The van der Waals surface area contributed by atoms with Gasteiger partial charge in [0.15, 0.2) is 0 Å². The molecule has 0 amide bonds. The summed E-state index contributed by atoms with van der Waals surface area (Å²) >= 11 is 0. The average Bonchev–Trinajstić information content (AvgIpc) is 3.27. The lowest BCUT2D eigenvalue weighted by atomic mass is 9.70. The quantitative estimate of drug-likeness (QED) is 0.106. The predicted molar refractivity (Wildman–Crippen MR) is 271 cm³/mol. The first-order valence-electron chi connectivity index (χ1n) is 22.4. The number of hydrogen-bond acceptors (Lipinski definition) is 0. The molecule has 0 nitrogen and oxygen atoms in total. The lowest BCUT2D eigenvalue weighted by molar-refractivity contribution is 1.50. The number of hydrogen-bond donors (Lipinski definition) is 0. The van der Waals surface area contributed by atoms with E-state index in [0.717, 1.165) is 0 Å². The van der Waals surface area contributed by atoms with E-state index in [2.05, 4.69) is 138 Å². The highest BCUT2D eigenvalue weighted by atomic mass is 14.4. The Bertz CT molecular complexity index is 4790. The molecule has 0 heterocycles. The van der Waals surface area contributed by atoms with Crippen LogP contribution in [0.4, 0.5) is 0 Å². The molecule has 17 rings (SSSR count). The molecule has 0 aliphatic carbocycles. The largest absolute Gasteiger partial charge is 0.0683 e. The molecular weight excluding hydrogens is 733 g/mol. The molecule has 0 spiro atoms. The van der Waals surface area contributed by atoms with Crippen LogP contribution < -0.4 is 0 Å². The Morgan fingerprint density at radius 3 is 0.967 bits per heavy atom. The fraction of sp³-hybridized carbons (Fsp3) is 0.115.